The van der Waals surface area contributed by atoms with E-state index >= 15 is 0 Å². The van der Waals surface area contributed by atoms with E-state index in [1.807, 2.05) is 6.07 Å². The van der Waals surface area contributed by atoms with Crippen LogP contribution in [0.25, 0.3) is 0 Å². The summed E-state index contributed by atoms with van der Waals surface area (Å²) in [5, 5.41) is 11.8. The van der Waals surface area contributed by atoms with Gasteiger partial charge in [0.15, 0.2) is 0 Å². The normalized spacial score (nSPS) is 15.6. The number of nitrogens with zero attached hydrogens (tertiary/aromatic N) is 3. The molecule has 0 aliphatic heterocycles. The maximum Gasteiger partial charge on any atom is 0.134 e. The van der Waals surface area contributed by atoms with Crippen LogP contribution in [0.1, 0.15) is 19.3 Å². The highest BCUT2D eigenvalue weighted by Crippen LogP contribution is 2.27. The van der Waals surface area contributed by atoms with E-state index in [2.05, 4.69) is 27.2 Å². The van der Waals surface area contributed by atoms with Gasteiger partial charge in [-0.2, -0.15) is 0 Å². The quantitative estimate of drug-likeness (QED) is 0.774. The van der Waals surface area contributed by atoms with E-state index in [9.17, 15) is 0 Å². The number of hydrogen-bond acceptors (Lipinski definition) is 5. The summed E-state index contributed by atoms with van der Waals surface area (Å²) in [6.45, 7) is 0.626. The summed E-state index contributed by atoms with van der Waals surface area (Å²) in [5.41, 5.74) is 0. The van der Waals surface area contributed by atoms with Gasteiger partial charge >= 0.3 is 0 Å². The largest absolute Gasteiger partial charge is 0.395 e. The zero-order chi connectivity index (χ0) is 11.4. The molecule has 2 N–H and O–H groups in total. The molecule has 1 aliphatic rings. The Labute approximate surface area is 95.5 Å². The first-order valence-electron chi connectivity index (χ1n) is 5.71. The van der Waals surface area contributed by atoms with Crippen molar-refractivity contribution in [3.8, 4) is 0 Å². The lowest BCUT2D eigenvalue weighted by molar-refractivity contribution is 0.311. The van der Waals surface area contributed by atoms with Crippen LogP contribution in [-0.4, -0.2) is 41.3 Å². The fraction of sp³-hybridized carbons (Fsp3) is 0.636. The first kappa shape index (κ1) is 11.1. The maximum atomic E-state index is 8.73. The average Bonchev–Trinajstić information content (AvgIpc) is 2.24. The molecule has 1 saturated carbocycles. The monoisotopic (exact) mass is 222 g/mol. The van der Waals surface area contributed by atoms with Crippen molar-refractivity contribution in [3.05, 3.63) is 12.4 Å². The molecule has 0 unspecified atom stereocenters. The lowest BCUT2D eigenvalue weighted by atomic mass is 9.92. The van der Waals surface area contributed by atoms with Crippen molar-refractivity contribution in [3.63, 3.8) is 0 Å². The van der Waals surface area contributed by atoms with Crippen LogP contribution >= 0.6 is 0 Å². The van der Waals surface area contributed by atoms with E-state index in [1.165, 1.54) is 19.3 Å². The van der Waals surface area contributed by atoms with Crippen molar-refractivity contribution in [2.75, 3.05) is 30.4 Å². The lowest BCUT2D eigenvalue weighted by Gasteiger charge is -2.35. The fourth-order valence-corrected chi connectivity index (χ4v) is 1.78. The SMILES string of the molecule is CN(c1cc(NCCO)ncn1)C1CCC1. The molecule has 5 heteroatoms. The third kappa shape index (κ3) is 2.41. The first-order valence-corrected chi connectivity index (χ1v) is 5.71. The van der Waals surface area contributed by atoms with Gasteiger partial charge in [0, 0.05) is 25.7 Å². The highest BCUT2D eigenvalue weighted by atomic mass is 16.3. The van der Waals surface area contributed by atoms with Gasteiger partial charge in [-0.15, -0.1) is 0 Å². The van der Waals surface area contributed by atoms with Crippen molar-refractivity contribution >= 4 is 11.6 Å². The van der Waals surface area contributed by atoms with E-state index in [4.69, 9.17) is 5.11 Å². The number of aliphatic hydroxyl groups is 1. The van der Waals surface area contributed by atoms with E-state index in [0.717, 1.165) is 11.6 Å². The van der Waals surface area contributed by atoms with Gasteiger partial charge in [0.2, 0.25) is 0 Å². The number of rotatable bonds is 5. The van der Waals surface area contributed by atoms with Gasteiger partial charge in [-0.3, -0.25) is 0 Å². The van der Waals surface area contributed by atoms with Crippen LogP contribution in [0.5, 0.6) is 0 Å². The molecule has 1 aromatic heterocycles. The molecular formula is C11H18N4O. The Balaban J connectivity index is 2.02. The summed E-state index contributed by atoms with van der Waals surface area (Å²) < 4.78 is 0. The van der Waals surface area contributed by atoms with Crippen LogP contribution in [0.2, 0.25) is 0 Å². The fourth-order valence-electron chi connectivity index (χ4n) is 1.78. The molecule has 0 aromatic carbocycles. The molecule has 1 fully saturated rings. The number of anilines is 2. The predicted octanol–water partition coefficient (Wildman–Crippen LogP) is 0.869. The topological polar surface area (TPSA) is 61.3 Å². The van der Waals surface area contributed by atoms with Gasteiger partial charge in [-0.05, 0) is 19.3 Å². The summed E-state index contributed by atoms with van der Waals surface area (Å²) in [7, 11) is 2.07. The molecule has 2 rings (SSSR count). The molecule has 0 radical (unpaired) electrons. The molecular weight excluding hydrogens is 204 g/mol. The third-order valence-corrected chi connectivity index (χ3v) is 3.05. The lowest BCUT2D eigenvalue weighted by Crippen LogP contribution is -2.37. The van der Waals surface area contributed by atoms with Crippen molar-refractivity contribution in [1.29, 1.82) is 0 Å². The molecule has 0 amide bonds. The summed E-state index contributed by atoms with van der Waals surface area (Å²) >= 11 is 0. The predicted molar refractivity (Wildman–Crippen MR) is 63.6 cm³/mol. The Morgan fingerprint density at radius 2 is 2.31 bits per heavy atom. The van der Waals surface area contributed by atoms with Gasteiger partial charge in [0.25, 0.3) is 0 Å². The van der Waals surface area contributed by atoms with E-state index in [-0.39, 0.29) is 6.61 Å². The van der Waals surface area contributed by atoms with Crippen molar-refractivity contribution in [2.45, 2.75) is 25.3 Å². The Kier molecular flexibility index (Phi) is 3.56. The maximum absolute atomic E-state index is 8.73. The van der Waals surface area contributed by atoms with Gasteiger partial charge in [-0.25, -0.2) is 9.97 Å². The van der Waals surface area contributed by atoms with Crippen molar-refractivity contribution < 1.29 is 5.11 Å². The summed E-state index contributed by atoms with van der Waals surface area (Å²) in [4.78, 5) is 10.6. The molecule has 0 saturated heterocycles. The minimum absolute atomic E-state index is 0.109. The second-order valence-corrected chi connectivity index (χ2v) is 4.11. The van der Waals surface area contributed by atoms with Crippen LogP contribution in [0, 0.1) is 0 Å². The highest BCUT2D eigenvalue weighted by Gasteiger charge is 2.23. The van der Waals surface area contributed by atoms with Crippen molar-refractivity contribution in [1.82, 2.24) is 9.97 Å². The minimum Gasteiger partial charge on any atom is -0.395 e. The molecule has 88 valence electrons. The van der Waals surface area contributed by atoms with E-state index in [0.29, 0.717) is 12.6 Å². The Bertz CT molecular complexity index is 341. The van der Waals surface area contributed by atoms with Crippen LogP contribution in [-0.2, 0) is 0 Å². The second kappa shape index (κ2) is 5.12. The van der Waals surface area contributed by atoms with Crippen molar-refractivity contribution in [2.24, 2.45) is 0 Å². The molecule has 1 heterocycles. The molecule has 16 heavy (non-hydrogen) atoms. The number of nitrogens with one attached hydrogen (secondary N) is 1. The minimum atomic E-state index is 0.109. The highest BCUT2D eigenvalue weighted by molar-refractivity contribution is 5.48. The second-order valence-electron chi connectivity index (χ2n) is 4.11. The van der Waals surface area contributed by atoms with E-state index in [1.54, 1.807) is 6.33 Å². The van der Waals surface area contributed by atoms with Gasteiger partial charge in [0.05, 0.1) is 6.61 Å². The van der Waals surface area contributed by atoms with Crippen LogP contribution in [0.15, 0.2) is 12.4 Å². The average molecular weight is 222 g/mol. The summed E-state index contributed by atoms with van der Waals surface area (Å²) in [6, 6.07) is 2.55. The zero-order valence-corrected chi connectivity index (χ0v) is 9.56. The van der Waals surface area contributed by atoms with Gasteiger partial charge in [0.1, 0.15) is 18.0 Å². The summed E-state index contributed by atoms with van der Waals surface area (Å²) in [6.07, 6.45) is 5.37. The number of aliphatic hydroxyl groups excluding tert-OH is 1. The van der Waals surface area contributed by atoms with Gasteiger partial charge < -0.3 is 15.3 Å². The first-order chi connectivity index (χ1) is 7.81. The number of hydrogen-bond donors (Lipinski definition) is 2. The van der Waals surface area contributed by atoms with Crippen LogP contribution in [0.3, 0.4) is 0 Å². The molecule has 0 bridgehead atoms. The molecule has 1 aliphatic carbocycles. The van der Waals surface area contributed by atoms with E-state index < -0.39 is 0 Å². The number of aromatic nitrogens is 2. The third-order valence-electron chi connectivity index (χ3n) is 3.05. The van der Waals surface area contributed by atoms with Crippen LogP contribution < -0.4 is 10.2 Å². The molecule has 0 spiro atoms. The van der Waals surface area contributed by atoms with Crippen LogP contribution in [0.4, 0.5) is 11.6 Å². The Hall–Kier alpha value is -1.36. The standard InChI is InChI=1S/C11H18N4O/c1-15(9-3-2-4-9)11-7-10(12-5-6-16)13-8-14-11/h7-9,16H,2-6H2,1H3,(H,12,13,14). The molecule has 1 aromatic rings. The molecule has 0 atom stereocenters. The Morgan fingerprint density at radius 3 is 2.94 bits per heavy atom. The smallest absolute Gasteiger partial charge is 0.134 e. The van der Waals surface area contributed by atoms with Gasteiger partial charge in [-0.1, -0.05) is 0 Å². The molecule has 5 nitrogen and oxygen atoms in total. The zero-order valence-electron chi connectivity index (χ0n) is 9.56. The Morgan fingerprint density at radius 1 is 1.50 bits per heavy atom. The summed E-state index contributed by atoms with van der Waals surface area (Å²) in [5.74, 6) is 1.71.